The molecule has 1 radical (unpaired) electrons. The van der Waals surface area contributed by atoms with E-state index in [2.05, 4.69) is 32.0 Å². The highest BCUT2D eigenvalue weighted by Gasteiger charge is 2.21. The minimum Gasteiger partial charge on any atom is -0.278 e. The predicted octanol–water partition coefficient (Wildman–Crippen LogP) is 2.61. The van der Waals surface area contributed by atoms with Gasteiger partial charge in [-0.3, -0.25) is 13.8 Å². The molecule has 13 heavy (non-hydrogen) atoms. The normalized spacial score (nSPS) is 20.2. The van der Waals surface area contributed by atoms with Gasteiger partial charge in [0.05, 0.1) is 5.69 Å². The van der Waals surface area contributed by atoms with Gasteiger partial charge in [-0.2, -0.15) is 0 Å². The van der Waals surface area contributed by atoms with E-state index in [-0.39, 0.29) is 0 Å². The molecule has 3 N–H and O–H groups in total. The monoisotopic (exact) mass is 261 g/mol. The van der Waals surface area contributed by atoms with Crippen molar-refractivity contribution >= 4 is 38.7 Å². The van der Waals surface area contributed by atoms with Crippen molar-refractivity contribution in [3.63, 3.8) is 0 Å². The third-order valence-corrected chi connectivity index (χ3v) is 3.42. The lowest BCUT2D eigenvalue weighted by atomic mass is 10.3. The number of halogens is 1. The molecule has 0 atom stereocenters. The molecule has 69 valence electrons. The van der Waals surface area contributed by atoms with Crippen molar-refractivity contribution in [2.24, 2.45) is 4.99 Å². The van der Waals surface area contributed by atoms with Crippen LogP contribution in [0, 0.1) is 0 Å². The molecular weight excluding hydrogens is 256 g/mol. The Morgan fingerprint density at radius 3 is 3.00 bits per heavy atom. The number of aliphatic imine (C=N–C) groups is 1. The van der Waals surface area contributed by atoms with Crippen molar-refractivity contribution in [3.05, 3.63) is 22.7 Å². The summed E-state index contributed by atoms with van der Waals surface area (Å²) in [4.78, 5) is 4.26. The van der Waals surface area contributed by atoms with Crippen LogP contribution in [0.4, 0.5) is 5.69 Å². The fraction of sp³-hybridized carbons (Fsp3) is 0. The fourth-order valence-electron chi connectivity index (χ4n) is 1.02. The van der Waals surface area contributed by atoms with E-state index in [1.165, 1.54) is 0 Å². The van der Waals surface area contributed by atoms with Crippen LogP contribution in [0.2, 0.25) is 0 Å². The zero-order chi connectivity index (χ0) is 9.47. The highest BCUT2D eigenvalue weighted by molar-refractivity contribution is 9.10. The summed E-state index contributed by atoms with van der Waals surface area (Å²) in [5.74, 6) is 0. The van der Waals surface area contributed by atoms with Gasteiger partial charge in [0.2, 0.25) is 0 Å². The predicted molar refractivity (Wildman–Crippen MR) is 55.5 cm³/mol. The van der Waals surface area contributed by atoms with Gasteiger partial charge < -0.3 is 0 Å². The molecule has 1 aromatic rings. The zero-order valence-electron chi connectivity index (χ0n) is 6.36. The van der Waals surface area contributed by atoms with Crippen molar-refractivity contribution in [1.82, 2.24) is 4.72 Å². The number of benzene rings is 1. The van der Waals surface area contributed by atoms with Crippen LogP contribution in [0.25, 0.3) is 0 Å². The molecule has 0 bridgehead atoms. The molecule has 0 aromatic heterocycles. The van der Waals surface area contributed by atoms with Crippen LogP contribution in [0.5, 0.6) is 0 Å². The number of rotatable bonds is 0. The molecular formula is C7H6BrN2O2S. The van der Waals surface area contributed by atoms with Crippen LogP contribution in [-0.4, -0.2) is 15.4 Å². The van der Waals surface area contributed by atoms with Crippen LogP contribution in [-0.2, 0) is 0 Å². The summed E-state index contributed by atoms with van der Waals surface area (Å²) in [5.41, 5.74) is 0.521. The number of nitrogens with zero attached hydrogens (tertiary/aromatic N) is 1. The van der Waals surface area contributed by atoms with Crippen molar-refractivity contribution in [2.75, 3.05) is 0 Å². The number of hydrogen-bond acceptors (Lipinski definition) is 4. The van der Waals surface area contributed by atoms with Gasteiger partial charge in [-0.15, -0.1) is 0 Å². The van der Waals surface area contributed by atoms with Crippen molar-refractivity contribution < 1.29 is 9.11 Å². The first kappa shape index (κ1) is 9.01. The van der Waals surface area contributed by atoms with E-state index in [4.69, 9.17) is 0 Å². The Bertz CT molecular complexity index is 381. The smallest absolute Gasteiger partial charge is 0.190 e. The molecule has 0 saturated heterocycles. The van der Waals surface area contributed by atoms with Gasteiger partial charge in [-0.05, 0) is 18.2 Å². The van der Waals surface area contributed by atoms with Gasteiger partial charge in [-0.1, -0.05) is 26.7 Å². The molecule has 0 saturated carbocycles. The van der Waals surface area contributed by atoms with Crippen molar-refractivity contribution in [2.45, 2.75) is 4.90 Å². The van der Waals surface area contributed by atoms with E-state index >= 15 is 0 Å². The van der Waals surface area contributed by atoms with Gasteiger partial charge in [0.1, 0.15) is 4.90 Å². The lowest BCUT2D eigenvalue weighted by molar-refractivity contribution is 0.481. The first-order valence-electron chi connectivity index (χ1n) is 3.40. The molecule has 0 unspecified atom stereocenters. The molecule has 2 rings (SSSR count). The Morgan fingerprint density at radius 1 is 1.46 bits per heavy atom. The van der Waals surface area contributed by atoms with Gasteiger partial charge in [0, 0.05) is 4.47 Å². The van der Waals surface area contributed by atoms with Crippen LogP contribution in [0.1, 0.15) is 0 Å². The third kappa shape index (κ3) is 1.58. The molecule has 0 fully saturated rings. The summed E-state index contributed by atoms with van der Waals surface area (Å²) in [5, 5.41) is 0. The molecule has 4 nitrogen and oxygen atoms in total. The maximum Gasteiger partial charge on any atom is 0.190 e. The Hall–Kier alpha value is -0.560. The summed E-state index contributed by atoms with van der Waals surface area (Å²) < 4.78 is 22.2. The van der Waals surface area contributed by atoms with E-state index in [1.807, 2.05) is 0 Å². The Morgan fingerprint density at radius 2 is 2.23 bits per heavy atom. The Labute approximate surface area is 85.3 Å². The topological polar surface area (TPSA) is 64.8 Å². The van der Waals surface area contributed by atoms with E-state index in [1.54, 1.807) is 18.2 Å². The van der Waals surface area contributed by atoms with Crippen LogP contribution in [0.15, 0.2) is 32.6 Å². The van der Waals surface area contributed by atoms with Gasteiger partial charge >= 0.3 is 0 Å². The molecule has 0 spiro atoms. The fourth-order valence-corrected chi connectivity index (χ4v) is 2.31. The second-order valence-electron chi connectivity index (χ2n) is 2.49. The minimum absolute atomic E-state index is 0.398. The summed E-state index contributed by atoms with van der Waals surface area (Å²) in [7, 11) is -2.93. The number of hydrogen-bond donors (Lipinski definition) is 3. The summed E-state index contributed by atoms with van der Waals surface area (Å²) in [6.07, 6.45) is 2.35. The average Bonchev–Trinajstić information content (AvgIpc) is 2.02. The van der Waals surface area contributed by atoms with E-state index in [9.17, 15) is 9.11 Å². The summed E-state index contributed by atoms with van der Waals surface area (Å²) in [6, 6.07) is 5.05. The minimum atomic E-state index is -2.93. The second kappa shape index (κ2) is 2.98. The number of nitrogens with one attached hydrogen (secondary N) is 1. The lowest BCUT2D eigenvalue weighted by Crippen LogP contribution is -2.21. The first-order valence-corrected chi connectivity index (χ1v) is 5.74. The van der Waals surface area contributed by atoms with Crippen LogP contribution in [0.3, 0.4) is 0 Å². The van der Waals surface area contributed by atoms with Crippen molar-refractivity contribution in [1.29, 1.82) is 0 Å². The molecule has 1 aromatic carbocycles. The van der Waals surface area contributed by atoms with Crippen LogP contribution < -0.4 is 4.72 Å². The molecule has 0 amide bonds. The van der Waals surface area contributed by atoms with Gasteiger partial charge in [0.15, 0.2) is 6.34 Å². The molecule has 6 heteroatoms. The average molecular weight is 262 g/mol. The zero-order valence-corrected chi connectivity index (χ0v) is 8.76. The highest BCUT2D eigenvalue weighted by Crippen LogP contribution is 2.50. The van der Waals surface area contributed by atoms with Gasteiger partial charge in [-0.25, -0.2) is 4.99 Å². The molecule has 0 aliphatic carbocycles. The first-order chi connectivity index (χ1) is 6.09. The Kier molecular flexibility index (Phi) is 2.07. The molecule has 1 heterocycles. The summed E-state index contributed by atoms with van der Waals surface area (Å²) >= 11 is 3.27. The van der Waals surface area contributed by atoms with Gasteiger partial charge in [0.25, 0.3) is 0 Å². The van der Waals surface area contributed by atoms with E-state index in [0.717, 1.165) is 4.47 Å². The lowest BCUT2D eigenvalue weighted by Gasteiger charge is -2.34. The standard InChI is InChI=1S/C7H6BrN2O2S/c8-5-1-2-7-6(3-5)9-4-10-13(7,11)12/h1-3,11-12H,(H,9,10). The van der Waals surface area contributed by atoms with E-state index < -0.39 is 10.8 Å². The summed E-state index contributed by atoms with van der Waals surface area (Å²) in [6.45, 7) is 0. The van der Waals surface area contributed by atoms with E-state index in [0.29, 0.717) is 10.6 Å². The SMILES string of the molecule is OS1(O)N[C]=Nc2cc(Br)ccc21. The number of fused-ring (bicyclic) bond motifs is 1. The Balaban J connectivity index is 2.61. The molecule has 1 aliphatic heterocycles. The molecule has 1 aliphatic rings. The largest absolute Gasteiger partial charge is 0.278 e. The maximum absolute atomic E-state index is 9.51. The van der Waals surface area contributed by atoms with Crippen molar-refractivity contribution in [3.8, 4) is 0 Å². The highest BCUT2D eigenvalue weighted by atomic mass is 79.9. The quantitative estimate of drug-likeness (QED) is 0.673. The maximum atomic E-state index is 9.51. The third-order valence-electron chi connectivity index (χ3n) is 1.59. The van der Waals surface area contributed by atoms with Crippen LogP contribution >= 0.6 is 26.7 Å². The second-order valence-corrected chi connectivity index (χ2v) is 5.14.